The zero-order valence-electron chi connectivity index (χ0n) is 10.2. The largest absolute Gasteiger partial charge is 0.342 e. The van der Waals surface area contributed by atoms with E-state index in [0.29, 0.717) is 12.5 Å². The molecule has 2 fully saturated rings. The summed E-state index contributed by atoms with van der Waals surface area (Å²) in [6.07, 6.45) is 2.09. The first-order chi connectivity index (χ1) is 8.63. The highest BCUT2D eigenvalue weighted by atomic mass is 32.1. The molecular weight excluding hydrogens is 250 g/mol. The molecule has 1 aromatic rings. The Morgan fingerprint density at radius 1 is 1.50 bits per heavy atom. The molecule has 3 rings (SSSR count). The SMILES string of the molecule is Cc1csc(CN2CC(=O)NC(C3CC3)C2=O)n1. The molecule has 0 spiro atoms. The minimum Gasteiger partial charge on any atom is -0.342 e. The van der Waals surface area contributed by atoms with Crippen molar-refractivity contribution in [2.24, 2.45) is 5.92 Å². The molecule has 1 aliphatic carbocycles. The highest BCUT2D eigenvalue weighted by molar-refractivity contribution is 7.09. The molecule has 1 saturated carbocycles. The fraction of sp³-hybridized carbons (Fsp3) is 0.583. The van der Waals surface area contributed by atoms with E-state index in [4.69, 9.17) is 0 Å². The third-order valence-corrected chi connectivity index (χ3v) is 4.27. The molecule has 5 nitrogen and oxygen atoms in total. The van der Waals surface area contributed by atoms with Gasteiger partial charge in [0.05, 0.1) is 6.54 Å². The lowest BCUT2D eigenvalue weighted by Crippen LogP contribution is -2.58. The molecule has 1 saturated heterocycles. The van der Waals surface area contributed by atoms with Crippen LogP contribution in [0.25, 0.3) is 0 Å². The van der Waals surface area contributed by atoms with Gasteiger partial charge in [0.1, 0.15) is 17.6 Å². The monoisotopic (exact) mass is 265 g/mol. The van der Waals surface area contributed by atoms with Gasteiger partial charge in [-0.05, 0) is 25.7 Å². The van der Waals surface area contributed by atoms with Crippen LogP contribution in [0.4, 0.5) is 0 Å². The molecule has 1 atom stereocenters. The summed E-state index contributed by atoms with van der Waals surface area (Å²) >= 11 is 1.53. The Morgan fingerprint density at radius 2 is 2.28 bits per heavy atom. The summed E-state index contributed by atoms with van der Waals surface area (Å²) < 4.78 is 0. The molecule has 6 heteroatoms. The van der Waals surface area contributed by atoms with Crippen LogP contribution < -0.4 is 5.32 Å². The number of nitrogens with one attached hydrogen (secondary N) is 1. The Labute approximate surface area is 109 Å². The molecule has 2 amide bonds. The lowest BCUT2D eigenvalue weighted by Gasteiger charge is -2.32. The molecule has 18 heavy (non-hydrogen) atoms. The van der Waals surface area contributed by atoms with Crippen LogP contribution in [-0.4, -0.2) is 34.3 Å². The number of piperazine rings is 1. The van der Waals surface area contributed by atoms with Crippen LogP contribution in [0.2, 0.25) is 0 Å². The van der Waals surface area contributed by atoms with E-state index in [1.807, 2.05) is 12.3 Å². The van der Waals surface area contributed by atoms with Crippen molar-refractivity contribution in [3.05, 3.63) is 16.1 Å². The molecule has 1 aromatic heterocycles. The van der Waals surface area contributed by atoms with Gasteiger partial charge in [0.2, 0.25) is 11.8 Å². The fourth-order valence-electron chi connectivity index (χ4n) is 2.25. The van der Waals surface area contributed by atoms with Gasteiger partial charge in [-0.1, -0.05) is 0 Å². The van der Waals surface area contributed by atoms with Crippen LogP contribution in [0.15, 0.2) is 5.38 Å². The zero-order chi connectivity index (χ0) is 12.7. The lowest BCUT2D eigenvalue weighted by atomic mass is 10.1. The summed E-state index contributed by atoms with van der Waals surface area (Å²) in [4.78, 5) is 29.9. The maximum Gasteiger partial charge on any atom is 0.246 e. The van der Waals surface area contributed by atoms with Crippen molar-refractivity contribution in [1.82, 2.24) is 15.2 Å². The lowest BCUT2D eigenvalue weighted by molar-refractivity contribution is -0.145. The predicted octanol–water partition coefficient (Wildman–Crippen LogP) is 0.689. The van der Waals surface area contributed by atoms with E-state index in [1.54, 1.807) is 4.90 Å². The third kappa shape index (κ3) is 2.25. The Bertz CT molecular complexity index is 495. The first-order valence-corrected chi connectivity index (χ1v) is 7.00. The number of hydrogen-bond acceptors (Lipinski definition) is 4. The van der Waals surface area contributed by atoms with Crippen molar-refractivity contribution in [3.63, 3.8) is 0 Å². The van der Waals surface area contributed by atoms with E-state index in [2.05, 4.69) is 10.3 Å². The Balaban J connectivity index is 1.73. The average molecular weight is 265 g/mol. The number of carbonyl (C=O) groups excluding carboxylic acids is 2. The maximum absolute atomic E-state index is 12.3. The second-order valence-electron chi connectivity index (χ2n) is 4.96. The molecule has 0 radical (unpaired) electrons. The van der Waals surface area contributed by atoms with Gasteiger partial charge < -0.3 is 10.2 Å². The number of carbonyl (C=O) groups is 2. The number of aryl methyl sites for hydroxylation is 1. The minimum absolute atomic E-state index is 0.0463. The van der Waals surface area contributed by atoms with Crippen LogP contribution in [0.5, 0.6) is 0 Å². The average Bonchev–Trinajstić information content (AvgIpc) is 3.08. The number of rotatable bonds is 3. The molecule has 1 unspecified atom stereocenters. The van der Waals surface area contributed by atoms with E-state index >= 15 is 0 Å². The van der Waals surface area contributed by atoms with Gasteiger partial charge in [-0.2, -0.15) is 0 Å². The van der Waals surface area contributed by atoms with E-state index in [1.165, 1.54) is 11.3 Å². The van der Waals surface area contributed by atoms with E-state index < -0.39 is 0 Å². The van der Waals surface area contributed by atoms with Gasteiger partial charge >= 0.3 is 0 Å². The molecule has 1 N–H and O–H groups in total. The summed E-state index contributed by atoms with van der Waals surface area (Å²) in [5, 5.41) is 5.66. The van der Waals surface area contributed by atoms with Crippen molar-refractivity contribution in [3.8, 4) is 0 Å². The molecule has 0 bridgehead atoms. The van der Waals surface area contributed by atoms with Crippen molar-refractivity contribution < 1.29 is 9.59 Å². The van der Waals surface area contributed by atoms with Crippen LogP contribution in [0.3, 0.4) is 0 Å². The fourth-order valence-corrected chi connectivity index (χ4v) is 3.04. The van der Waals surface area contributed by atoms with Crippen LogP contribution in [0, 0.1) is 12.8 Å². The molecular formula is C12H15N3O2S. The minimum atomic E-state index is -0.299. The molecule has 2 aliphatic rings. The highest BCUT2D eigenvalue weighted by Gasteiger charge is 2.42. The van der Waals surface area contributed by atoms with Gasteiger partial charge in [-0.3, -0.25) is 9.59 Å². The number of thiazole rings is 1. The first-order valence-electron chi connectivity index (χ1n) is 6.12. The van der Waals surface area contributed by atoms with Crippen LogP contribution >= 0.6 is 11.3 Å². The highest BCUT2D eigenvalue weighted by Crippen LogP contribution is 2.34. The number of aromatic nitrogens is 1. The van der Waals surface area contributed by atoms with Gasteiger partial charge in [-0.25, -0.2) is 4.98 Å². The van der Waals surface area contributed by atoms with Gasteiger partial charge in [0, 0.05) is 11.1 Å². The summed E-state index contributed by atoms with van der Waals surface area (Å²) in [5.74, 6) is 0.340. The molecule has 2 heterocycles. The van der Waals surface area contributed by atoms with Crippen molar-refractivity contribution in [2.75, 3.05) is 6.54 Å². The third-order valence-electron chi connectivity index (χ3n) is 3.31. The Kier molecular flexibility index (Phi) is 2.81. The standard InChI is InChI=1S/C12H15N3O2S/c1-7-6-18-10(13-7)5-15-4-9(16)14-11(12(15)17)8-2-3-8/h6,8,11H,2-5H2,1H3,(H,14,16). The Hall–Kier alpha value is -1.43. The summed E-state index contributed by atoms with van der Waals surface area (Å²) in [6.45, 7) is 2.53. The number of nitrogens with zero attached hydrogens (tertiary/aromatic N) is 2. The normalized spacial score (nSPS) is 24.3. The van der Waals surface area contributed by atoms with Crippen molar-refractivity contribution in [2.45, 2.75) is 32.4 Å². The summed E-state index contributed by atoms with van der Waals surface area (Å²) in [5.41, 5.74) is 0.961. The quantitative estimate of drug-likeness (QED) is 0.874. The second kappa shape index (κ2) is 4.35. The Morgan fingerprint density at radius 3 is 2.89 bits per heavy atom. The number of amides is 2. The van der Waals surface area contributed by atoms with Crippen molar-refractivity contribution in [1.29, 1.82) is 0 Å². The number of hydrogen-bond donors (Lipinski definition) is 1. The summed E-state index contributed by atoms with van der Waals surface area (Å²) in [7, 11) is 0. The van der Waals surface area contributed by atoms with E-state index in [9.17, 15) is 9.59 Å². The molecule has 1 aliphatic heterocycles. The van der Waals surface area contributed by atoms with Crippen LogP contribution in [-0.2, 0) is 16.1 Å². The zero-order valence-corrected chi connectivity index (χ0v) is 11.0. The van der Waals surface area contributed by atoms with Gasteiger partial charge in [0.15, 0.2) is 0 Å². The predicted molar refractivity (Wildman–Crippen MR) is 66.9 cm³/mol. The summed E-state index contributed by atoms with van der Waals surface area (Å²) in [6, 6.07) is -0.299. The molecule has 0 aromatic carbocycles. The van der Waals surface area contributed by atoms with Gasteiger partial charge in [-0.15, -0.1) is 11.3 Å². The van der Waals surface area contributed by atoms with E-state index in [-0.39, 0.29) is 24.4 Å². The second-order valence-corrected chi connectivity index (χ2v) is 5.90. The maximum atomic E-state index is 12.3. The first kappa shape index (κ1) is 11.6. The van der Waals surface area contributed by atoms with Gasteiger partial charge in [0.25, 0.3) is 0 Å². The smallest absolute Gasteiger partial charge is 0.246 e. The van der Waals surface area contributed by atoms with Crippen LogP contribution in [0.1, 0.15) is 23.5 Å². The topological polar surface area (TPSA) is 62.3 Å². The van der Waals surface area contributed by atoms with Crippen molar-refractivity contribution >= 4 is 23.2 Å². The molecule has 96 valence electrons. The van der Waals surface area contributed by atoms with E-state index in [0.717, 1.165) is 23.5 Å².